The van der Waals surface area contributed by atoms with Crippen LogP contribution in [0, 0.1) is 12.7 Å². The molecule has 0 aromatic heterocycles. The average Bonchev–Trinajstić information content (AvgIpc) is 2.78. The number of benzene rings is 3. The van der Waals surface area contributed by atoms with E-state index in [9.17, 15) is 17.6 Å². The van der Waals surface area contributed by atoms with Gasteiger partial charge in [-0.15, -0.1) is 0 Å². The Kier molecular flexibility index (Phi) is 6.75. The highest BCUT2D eigenvalue weighted by atomic mass is 32.2. The number of rotatable bonds is 7. The van der Waals surface area contributed by atoms with Gasteiger partial charge in [0.05, 0.1) is 16.6 Å². The van der Waals surface area contributed by atoms with Gasteiger partial charge < -0.3 is 5.32 Å². The summed E-state index contributed by atoms with van der Waals surface area (Å²) in [5, 5.41) is 2.98. The lowest BCUT2D eigenvalue weighted by atomic mass is 10.0. The second-order valence-corrected chi connectivity index (χ2v) is 9.29. The van der Waals surface area contributed by atoms with Crippen LogP contribution in [0.5, 0.6) is 0 Å². The molecule has 0 bridgehead atoms. The molecule has 0 aliphatic heterocycles. The van der Waals surface area contributed by atoms with Crippen LogP contribution in [0.15, 0.2) is 77.7 Å². The number of anilines is 1. The van der Waals surface area contributed by atoms with Crippen molar-refractivity contribution < 1.29 is 17.6 Å². The number of sulfonamides is 1. The number of hydrogen-bond donors (Lipinski definition) is 1. The van der Waals surface area contributed by atoms with E-state index < -0.39 is 15.8 Å². The minimum Gasteiger partial charge on any atom is -0.345 e. The van der Waals surface area contributed by atoms with E-state index >= 15 is 0 Å². The van der Waals surface area contributed by atoms with Crippen LogP contribution in [-0.4, -0.2) is 21.4 Å². The highest BCUT2D eigenvalue weighted by Gasteiger charge is 2.23. The molecule has 3 aromatic carbocycles. The highest BCUT2D eigenvalue weighted by molar-refractivity contribution is 7.92. The number of aryl methyl sites for hydroxylation is 1. The zero-order chi connectivity index (χ0) is 22.6. The number of carbonyl (C=O) groups excluding carboxylic acids is 1. The van der Waals surface area contributed by atoms with Crippen LogP contribution in [0.2, 0.25) is 0 Å². The molecule has 1 atom stereocenters. The van der Waals surface area contributed by atoms with Crippen molar-refractivity contribution in [2.75, 3.05) is 11.4 Å². The van der Waals surface area contributed by atoms with Crippen molar-refractivity contribution in [3.63, 3.8) is 0 Å². The van der Waals surface area contributed by atoms with Gasteiger partial charge in [0.25, 0.3) is 15.9 Å². The van der Waals surface area contributed by atoms with Crippen molar-refractivity contribution in [3.05, 3.63) is 95.3 Å². The lowest BCUT2D eigenvalue weighted by Gasteiger charge is -2.20. The molecule has 3 rings (SSSR count). The second-order valence-electron chi connectivity index (χ2n) is 7.32. The molecule has 31 heavy (non-hydrogen) atoms. The third-order valence-corrected chi connectivity index (χ3v) is 6.92. The molecule has 0 aliphatic carbocycles. The monoisotopic (exact) mass is 440 g/mol. The summed E-state index contributed by atoms with van der Waals surface area (Å²) in [5.74, 6) is -0.804. The Labute approximate surface area is 182 Å². The van der Waals surface area contributed by atoms with Crippen LogP contribution >= 0.6 is 0 Å². The minimum absolute atomic E-state index is 0.0182. The maximum absolute atomic E-state index is 13.2. The number of amides is 1. The topological polar surface area (TPSA) is 66.5 Å². The van der Waals surface area contributed by atoms with Gasteiger partial charge in [0, 0.05) is 12.6 Å². The maximum Gasteiger partial charge on any atom is 0.264 e. The fourth-order valence-corrected chi connectivity index (χ4v) is 4.45. The summed E-state index contributed by atoms with van der Waals surface area (Å²) >= 11 is 0. The fourth-order valence-electron chi connectivity index (χ4n) is 3.21. The van der Waals surface area contributed by atoms with Crippen molar-refractivity contribution in [1.82, 2.24) is 5.32 Å². The summed E-state index contributed by atoms with van der Waals surface area (Å²) in [7, 11) is -2.53. The zero-order valence-corrected chi connectivity index (χ0v) is 18.5. The Morgan fingerprint density at radius 2 is 1.68 bits per heavy atom. The molecule has 0 unspecified atom stereocenters. The van der Waals surface area contributed by atoms with Crippen LogP contribution < -0.4 is 9.62 Å². The van der Waals surface area contributed by atoms with Crippen molar-refractivity contribution >= 4 is 21.6 Å². The molecule has 0 heterocycles. The van der Waals surface area contributed by atoms with E-state index in [1.54, 1.807) is 6.07 Å². The van der Waals surface area contributed by atoms with Gasteiger partial charge in [-0.1, -0.05) is 42.8 Å². The van der Waals surface area contributed by atoms with Gasteiger partial charge in [0.1, 0.15) is 5.82 Å². The SMILES string of the molecule is CC[C@H](NC(=O)c1cccc(S(=O)(=O)N(C)c2ccc(F)cc2)c1)c1ccc(C)cc1. The van der Waals surface area contributed by atoms with Gasteiger partial charge in [0.15, 0.2) is 0 Å². The van der Waals surface area contributed by atoms with Crippen molar-refractivity contribution in [3.8, 4) is 0 Å². The lowest BCUT2D eigenvalue weighted by molar-refractivity contribution is 0.0935. The summed E-state index contributed by atoms with van der Waals surface area (Å²) in [6.45, 7) is 3.97. The molecule has 7 heteroatoms. The number of hydrogen-bond acceptors (Lipinski definition) is 3. The average molecular weight is 441 g/mol. The molecule has 0 saturated heterocycles. The Bertz CT molecular complexity index is 1160. The van der Waals surface area contributed by atoms with Crippen molar-refractivity contribution in [2.24, 2.45) is 0 Å². The first kappa shape index (κ1) is 22.5. The molecule has 0 aliphatic rings. The Morgan fingerprint density at radius 1 is 1.03 bits per heavy atom. The van der Waals surface area contributed by atoms with Crippen LogP contribution in [0.1, 0.15) is 40.9 Å². The number of nitrogens with one attached hydrogen (secondary N) is 1. The zero-order valence-electron chi connectivity index (χ0n) is 17.7. The van der Waals surface area contributed by atoms with E-state index in [-0.39, 0.29) is 22.4 Å². The van der Waals surface area contributed by atoms with Crippen LogP contribution in [0.3, 0.4) is 0 Å². The summed E-state index contributed by atoms with van der Waals surface area (Å²) in [4.78, 5) is 12.8. The van der Waals surface area contributed by atoms with Gasteiger partial charge in [-0.3, -0.25) is 9.10 Å². The van der Waals surface area contributed by atoms with Gasteiger partial charge in [0.2, 0.25) is 0 Å². The predicted molar refractivity (Wildman–Crippen MR) is 120 cm³/mol. The van der Waals surface area contributed by atoms with Gasteiger partial charge >= 0.3 is 0 Å². The first-order chi connectivity index (χ1) is 14.7. The Morgan fingerprint density at radius 3 is 2.29 bits per heavy atom. The van der Waals surface area contributed by atoms with Gasteiger partial charge in [-0.25, -0.2) is 12.8 Å². The van der Waals surface area contributed by atoms with E-state index in [1.165, 1.54) is 49.5 Å². The predicted octanol–water partition coefficient (Wildman–Crippen LogP) is 4.84. The molecule has 0 radical (unpaired) electrons. The molecule has 1 amide bonds. The standard InChI is InChI=1S/C24H25FN2O3S/c1-4-23(18-10-8-17(2)9-11-18)26-24(28)19-6-5-7-22(16-19)31(29,30)27(3)21-14-12-20(25)13-15-21/h5-16,23H,4H2,1-3H3,(H,26,28)/t23-/m0/s1. The number of halogens is 1. The summed E-state index contributed by atoms with van der Waals surface area (Å²) in [5.41, 5.74) is 2.69. The minimum atomic E-state index is -3.92. The molecule has 0 saturated carbocycles. The first-order valence-corrected chi connectivity index (χ1v) is 11.4. The van der Waals surface area contributed by atoms with Gasteiger partial charge in [-0.05, 0) is 61.4 Å². The molecular weight excluding hydrogens is 415 g/mol. The van der Waals surface area contributed by atoms with E-state index in [0.29, 0.717) is 12.1 Å². The van der Waals surface area contributed by atoms with E-state index in [1.807, 2.05) is 38.1 Å². The summed E-state index contributed by atoms with van der Waals surface area (Å²) in [6.07, 6.45) is 0.695. The second kappa shape index (κ2) is 9.31. The van der Waals surface area contributed by atoms with Crippen molar-refractivity contribution in [2.45, 2.75) is 31.2 Å². The quantitative estimate of drug-likeness (QED) is 0.572. The Hall–Kier alpha value is -3.19. The molecule has 0 spiro atoms. The van der Waals surface area contributed by atoms with Crippen LogP contribution in [-0.2, 0) is 10.0 Å². The van der Waals surface area contributed by atoms with Crippen LogP contribution in [0.25, 0.3) is 0 Å². The first-order valence-electron chi connectivity index (χ1n) is 9.94. The maximum atomic E-state index is 13.2. The molecule has 5 nitrogen and oxygen atoms in total. The van der Waals surface area contributed by atoms with Gasteiger partial charge in [-0.2, -0.15) is 0 Å². The summed E-state index contributed by atoms with van der Waals surface area (Å²) < 4.78 is 40.3. The largest absolute Gasteiger partial charge is 0.345 e. The molecule has 1 N–H and O–H groups in total. The Balaban J connectivity index is 1.83. The number of carbonyl (C=O) groups is 1. The molecule has 162 valence electrons. The normalized spacial score (nSPS) is 12.3. The lowest BCUT2D eigenvalue weighted by Crippen LogP contribution is -2.29. The van der Waals surface area contributed by atoms with E-state index in [4.69, 9.17) is 0 Å². The molecular formula is C24H25FN2O3S. The third kappa shape index (κ3) is 5.11. The highest BCUT2D eigenvalue weighted by Crippen LogP contribution is 2.24. The summed E-state index contributed by atoms with van der Waals surface area (Å²) in [6, 6.07) is 18.8. The fraction of sp³-hybridized carbons (Fsp3) is 0.208. The number of nitrogens with zero attached hydrogens (tertiary/aromatic N) is 1. The molecule has 0 fully saturated rings. The smallest absolute Gasteiger partial charge is 0.264 e. The van der Waals surface area contributed by atoms with E-state index in [0.717, 1.165) is 15.4 Å². The third-order valence-electron chi connectivity index (χ3n) is 5.14. The van der Waals surface area contributed by atoms with Crippen molar-refractivity contribution in [1.29, 1.82) is 0 Å². The van der Waals surface area contributed by atoms with Crippen LogP contribution in [0.4, 0.5) is 10.1 Å². The molecule has 3 aromatic rings. The van der Waals surface area contributed by atoms with E-state index in [2.05, 4.69) is 5.32 Å².